The zero-order chi connectivity index (χ0) is 20.3. The van der Waals surface area contributed by atoms with E-state index in [9.17, 15) is 0 Å². The van der Waals surface area contributed by atoms with Crippen molar-refractivity contribution in [2.24, 2.45) is 5.92 Å². The standard InChI is InChI=1S/C23H29N5OS/c1-16-5-6-18-19(14-16)30-23-21(18)22(25-9-7-17-4-2-3-8-24-17)26-20(27-23)15-28-10-12-29-13-11-28/h2-4,8,16H,5-7,9-15H2,1H3,(H,25,26,27)/t16-/m0/s1. The van der Waals surface area contributed by atoms with Crippen LogP contribution >= 0.6 is 11.3 Å². The largest absolute Gasteiger partial charge is 0.379 e. The molecular weight excluding hydrogens is 394 g/mol. The van der Waals surface area contributed by atoms with Gasteiger partial charge in [0.25, 0.3) is 0 Å². The first-order valence-corrected chi connectivity index (χ1v) is 11.8. The van der Waals surface area contributed by atoms with Gasteiger partial charge in [0.2, 0.25) is 0 Å². The van der Waals surface area contributed by atoms with Crippen LogP contribution in [0.2, 0.25) is 0 Å². The molecule has 7 heteroatoms. The maximum absolute atomic E-state index is 5.49. The van der Waals surface area contributed by atoms with E-state index in [1.54, 1.807) is 0 Å². The maximum Gasteiger partial charge on any atom is 0.146 e. The van der Waals surface area contributed by atoms with E-state index < -0.39 is 0 Å². The lowest BCUT2D eigenvalue weighted by molar-refractivity contribution is 0.0331. The Morgan fingerprint density at radius 3 is 2.97 bits per heavy atom. The van der Waals surface area contributed by atoms with Gasteiger partial charge in [-0.15, -0.1) is 11.3 Å². The minimum Gasteiger partial charge on any atom is -0.379 e. The van der Waals surface area contributed by atoms with Crippen molar-refractivity contribution in [1.29, 1.82) is 0 Å². The molecule has 0 spiro atoms. The Kier molecular flexibility index (Phi) is 5.93. The molecule has 0 aromatic carbocycles. The summed E-state index contributed by atoms with van der Waals surface area (Å²) in [6, 6.07) is 6.08. The summed E-state index contributed by atoms with van der Waals surface area (Å²) in [5, 5.41) is 4.89. The van der Waals surface area contributed by atoms with Crippen LogP contribution in [0.1, 0.15) is 35.3 Å². The molecule has 30 heavy (non-hydrogen) atoms. The molecule has 5 rings (SSSR count). The number of aryl methyl sites for hydroxylation is 1. The summed E-state index contributed by atoms with van der Waals surface area (Å²) in [6.45, 7) is 7.44. The number of anilines is 1. The zero-order valence-corrected chi connectivity index (χ0v) is 18.4. The van der Waals surface area contributed by atoms with Crippen molar-refractivity contribution in [2.75, 3.05) is 38.2 Å². The van der Waals surface area contributed by atoms with E-state index in [0.717, 1.165) is 80.3 Å². The average Bonchev–Trinajstić information content (AvgIpc) is 3.12. The second-order valence-electron chi connectivity index (χ2n) is 8.41. The van der Waals surface area contributed by atoms with Gasteiger partial charge in [0.1, 0.15) is 16.5 Å². The van der Waals surface area contributed by atoms with Crippen LogP contribution in [0, 0.1) is 5.92 Å². The third-order valence-corrected chi connectivity index (χ3v) is 7.22. The van der Waals surface area contributed by atoms with Gasteiger partial charge in [0.05, 0.1) is 25.1 Å². The van der Waals surface area contributed by atoms with E-state index in [1.807, 2.05) is 29.7 Å². The van der Waals surface area contributed by atoms with Crippen molar-refractivity contribution in [3.63, 3.8) is 0 Å². The number of hydrogen-bond donors (Lipinski definition) is 1. The number of pyridine rings is 1. The van der Waals surface area contributed by atoms with Crippen molar-refractivity contribution < 1.29 is 4.74 Å². The topological polar surface area (TPSA) is 63.2 Å². The van der Waals surface area contributed by atoms with E-state index in [0.29, 0.717) is 0 Å². The summed E-state index contributed by atoms with van der Waals surface area (Å²) in [7, 11) is 0. The van der Waals surface area contributed by atoms with Crippen molar-refractivity contribution in [2.45, 2.75) is 39.2 Å². The highest BCUT2D eigenvalue weighted by atomic mass is 32.1. The number of ether oxygens (including phenoxy) is 1. The van der Waals surface area contributed by atoms with Crippen LogP contribution in [0.3, 0.4) is 0 Å². The molecular formula is C23H29N5OS. The van der Waals surface area contributed by atoms with Gasteiger partial charge >= 0.3 is 0 Å². The summed E-state index contributed by atoms with van der Waals surface area (Å²) >= 11 is 1.88. The van der Waals surface area contributed by atoms with Crippen LogP contribution in [0.5, 0.6) is 0 Å². The second-order valence-corrected chi connectivity index (χ2v) is 9.49. The molecule has 0 radical (unpaired) electrons. The van der Waals surface area contributed by atoms with Crippen LogP contribution < -0.4 is 5.32 Å². The van der Waals surface area contributed by atoms with Gasteiger partial charge in [-0.25, -0.2) is 9.97 Å². The van der Waals surface area contributed by atoms with Gasteiger partial charge in [0.15, 0.2) is 0 Å². The van der Waals surface area contributed by atoms with E-state index in [2.05, 4.69) is 28.2 Å². The van der Waals surface area contributed by atoms with Crippen molar-refractivity contribution in [3.05, 3.63) is 46.4 Å². The molecule has 1 N–H and O–H groups in total. The zero-order valence-electron chi connectivity index (χ0n) is 17.6. The fourth-order valence-electron chi connectivity index (χ4n) is 4.40. The number of thiophene rings is 1. The molecule has 0 saturated carbocycles. The number of aromatic nitrogens is 3. The van der Waals surface area contributed by atoms with E-state index in [-0.39, 0.29) is 0 Å². The molecule has 3 aromatic rings. The van der Waals surface area contributed by atoms with Gasteiger partial charge in [-0.05, 0) is 42.9 Å². The summed E-state index contributed by atoms with van der Waals surface area (Å²) in [5.74, 6) is 2.68. The van der Waals surface area contributed by atoms with Crippen molar-refractivity contribution in [1.82, 2.24) is 19.9 Å². The SMILES string of the molecule is C[C@H]1CCc2c(sc3nc(CN4CCOCC4)nc(NCCc4ccccn4)c23)C1. The van der Waals surface area contributed by atoms with Gasteiger partial charge in [-0.1, -0.05) is 13.0 Å². The van der Waals surface area contributed by atoms with E-state index in [4.69, 9.17) is 14.7 Å². The van der Waals surface area contributed by atoms with Crippen molar-refractivity contribution >= 4 is 27.4 Å². The molecule has 1 saturated heterocycles. The molecule has 0 unspecified atom stereocenters. The predicted octanol–water partition coefficient (Wildman–Crippen LogP) is 3.70. The quantitative estimate of drug-likeness (QED) is 0.652. The third kappa shape index (κ3) is 4.33. The first-order valence-electron chi connectivity index (χ1n) is 11.0. The average molecular weight is 424 g/mol. The molecule has 4 heterocycles. The number of nitrogens with zero attached hydrogens (tertiary/aromatic N) is 4. The second kappa shape index (κ2) is 8.96. The minimum atomic E-state index is 0.756. The predicted molar refractivity (Wildman–Crippen MR) is 121 cm³/mol. The number of nitrogens with one attached hydrogen (secondary N) is 1. The summed E-state index contributed by atoms with van der Waals surface area (Å²) in [4.78, 5) is 19.5. The number of morpholine rings is 1. The molecule has 1 aliphatic carbocycles. The lowest BCUT2D eigenvalue weighted by Gasteiger charge is -2.26. The van der Waals surface area contributed by atoms with Gasteiger partial charge < -0.3 is 10.1 Å². The normalized spacial score (nSPS) is 19.7. The van der Waals surface area contributed by atoms with Crippen LogP contribution in [0.15, 0.2) is 24.4 Å². The molecule has 1 aliphatic heterocycles. The highest BCUT2D eigenvalue weighted by Crippen LogP contribution is 2.40. The monoisotopic (exact) mass is 423 g/mol. The Morgan fingerprint density at radius 2 is 2.13 bits per heavy atom. The van der Waals surface area contributed by atoms with Crippen LogP contribution in [-0.2, 0) is 30.5 Å². The van der Waals surface area contributed by atoms with Gasteiger partial charge in [0, 0.05) is 42.8 Å². The summed E-state index contributed by atoms with van der Waals surface area (Å²) in [5.41, 5.74) is 2.58. The Labute approximate surface area is 181 Å². The Hall–Kier alpha value is -2.09. The van der Waals surface area contributed by atoms with Crippen LogP contribution in [0.4, 0.5) is 5.82 Å². The fourth-order valence-corrected chi connectivity index (χ4v) is 5.80. The molecule has 1 atom stereocenters. The van der Waals surface area contributed by atoms with Crippen LogP contribution in [-0.4, -0.2) is 52.7 Å². The molecule has 3 aromatic heterocycles. The van der Waals surface area contributed by atoms with Crippen LogP contribution in [0.25, 0.3) is 10.2 Å². The molecule has 0 amide bonds. The third-order valence-electron chi connectivity index (χ3n) is 6.07. The van der Waals surface area contributed by atoms with E-state index in [1.165, 1.54) is 28.7 Å². The lowest BCUT2D eigenvalue weighted by Crippen LogP contribution is -2.36. The lowest BCUT2D eigenvalue weighted by atomic mass is 9.89. The Balaban J connectivity index is 1.43. The van der Waals surface area contributed by atoms with Gasteiger partial charge in [-0.3, -0.25) is 9.88 Å². The smallest absolute Gasteiger partial charge is 0.146 e. The molecule has 6 nitrogen and oxygen atoms in total. The summed E-state index contributed by atoms with van der Waals surface area (Å²) < 4.78 is 5.49. The fraction of sp³-hybridized carbons (Fsp3) is 0.522. The first-order chi connectivity index (χ1) is 14.8. The maximum atomic E-state index is 5.49. The van der Waals surface area contributed by atoms with Crippen molar-refractivity contribution in [3.8, 4) is 0 Å². The highest BCUT2D eigenvalue weighted by molar-refractivity contribution is 7.19. The highest BCUT2D eigenvalue weighted by Gasteiger charge is 2.24. The Morgan fingerprint density at radius 1 is 1.23 bits per heavy atom. The number of hydrogen-bond acceptors (Lipinski definition) is 7. The molecule has 158 valence electrons. The minimum absolute atomic E-state index is 0.756. The van der Waals surface area contributed by atoms with E-state index >= 15 is 0 Å². The number of rotatable bonds is 6. The first kappa shape index (κ1) is 19.8. The molecule has 0 bridgehead atoms. The van der Waals surface area contributed by atoms with Gasteiger partial charge in [-0.2, -0.15) is 0 Å². The molecule has 1 fully saturated rings. The Bertz CT molecular complexity index is 1000. The number of fused-ring (bicyclic) bond motifs is 3. The molecule has 2 aliphatic rings. The summed E-state index contributed by atoms with van der Waals surface area (Å²) in [6.07, 6.45) is 6.30.